The number of carboxylic acid groups (broad SMARTS) is 1. The Hall–Kier alpha value is -5.30. The molecule has 18 heteroatoms. The number of allylic oxidation sites excluding steroid dienone is 2. The monoisotopic (exact) mass is 770 g/mol. The molecule has 2 aromatic rings. The SMILES string of the molecule is N=c1ccc2c(-c3cc(C(=O)NCCCCCNC(=O)OC4CC/C=C/CCC4)ccc3C(=O)O)c3ccc(N)c(S(=O)(=O)O)c3oc-2c1S(=O)(=O)O. The summed E-state index contributed by atoms with van der Waals surface area (Å²) >= 11 is 0. The summed E-state index contributed by atoms with van der Waals surface area (Å²) in [5, 5.41) is 22.9. The zero-order valence-corrected chi connectivity index (χ0v) is 29.9. The number of nitrogens with two attached hydrogens (primary N) is 1. The molecule has 0 radical (unpaired) electrons. The number of carboxylic acids is 1. The Kier molecular flexibility index (Phi) is 11.9. The molecule has 53 heavy (non-hydrogen) atoms. The molecule has 0 fully saturated rings. The second-order valence-electron chi connectivity index (χ2n) is 12.4. The van der Waals surface area contributed by atoms with Crippen LogP contribution in [0.25, 0.3) is 33.4 Å². The van der Waals surface area contributed by atoms with Gasteiger partial charge in [-0.2, -0.15) is 16.8 Å². The van der Waals surface area contributed by atoms with Gasteiger partial charge in [-0.05, 0) is 99.4 Å². The number of alkyl carbamates (subject to hydrolysis) is 1. The number of hydrogen-bond donors (Lipinski definition) is 7. The fraction of sp³-hybridized carbons (Fsp3) is 0.314. The van der Waals surface area contributed by atoms with Gasteiger partial charge in [0.2, 0.25) is 0 Å². The number of aromatic carboxylic acids is 1. The van der Waals surface area contributed by atoms with E-state index in [1.165, 1.54) is 24.3 Å². The number of ether oxygens (including phenoxy) is 1. The molecule has 2 aliphatic carbocycles. The highest BCUT2D eigenvalue weighted by atomic mass is 32.2. The van der Waals surface area contributed by atoms with E-state index in [1.54, 1.807) is 0 Å². The zero-order chi connectivity index (χ0) is 38.5. The Labute approximate surface area is 304 Å². The summed E-state index contributed by atoms with van der Waals surface area (Å²) in [7, 11) is -10.4. The maximum absolute atomic E-state index is 13.3. The molecule has 1 unspecified atom stereocenters. The van der Waals surface area contributed by atoms with Crippen LogP contribution in [-0.4, -0.2) is 68.2 Å². The van der Waals surface area contributed by atoms with Crippen molar-refractivity contribution in [1.29, 1.82) is 5.41 Å². The molecule has 1 heterocycles. The molecular weight excluding hydrogens is 733 g/mol. The zero-order valence-electron chi connectivity index (χ0n) is 28.3. The minimum atomic E-state index is -5.20. The van der Waals surface area contributed by atoms with E-state index < -0.39 is 70.4 Å². The molecule has 16 nitrogen and oxygen atoms in total. The standard InChI is InChI=1S/C35H38N4O12S2/c36-26-15-13-23-28(24-14-16-27(37)32(53(47,48)49)30(24)51-29(23)31(26)52(44,45)46)25-19-20(11-12-22(25)34(41)42)33(40)38-17-7-4-8-18-39-35(43)50-21-9-5-2-1-3-6-10-21/h1-2,11-16,19,21,36H,3-10,17-18,37H2,(H,38,40)(H,39,43)(H,41,42)(H,44,45,46)(H,47,48,49)/b2-1+,36-26?. The van der Waals surface area contributed by atoms with Gasteiger partial charge < -0.3 is 30.6 Å². The minimum Gasteiger partial charge on any atom is -0.478 e. The molecule has 8 N–H and O–H groups in total. The molecular formula is C35H38N4O12S2. The van der Waals surface area contributed by atoms with Gasteiger partial charge in [0.05, 0.1) is 16.6 Å². The summed E-state index contributed by atoms with van der Waals surface area (Å²) in [6.07, 6.45) is 9.86. The van der Waals surface area contributed by atoms with Crippen LogP contribution in [0, 0.1) is 5.41 Å². The molecule has 0 spiro atoms. The highest BCUT2D eigenvalue weighted by Gasteiger charge is 2.32. The van der Waals surface area contributed by atoms with Crippen molar-refractivity contribution >= 4 is 54.9 Å². The molecule has 1 aliphatic heterocycles. The number of amides is 2. The first-order valence-electron chi connectivity index (χ1n) is 16.6. The lowest BCUT2D eigenvalue weighted by Crippen LogP contribution is -2.30. The van der Waals surface area contributed by atoms with E-state index in [-0.39, 0.29) is 45.9 Å². The molecule has 2 amide bonds. The van der Waals surface area contributed by atoms with Gasteiger partial charge in [0.1, 0.15) is 6.10 Å². The number of benzene rings is 3. The van der Waals surface area contributed by atoms with Crippen molar-refractivity contribution in [2.75, 3.05) is 18.8 Å². The van der Waals surface area contributed by atoms with Gasteiger partial charge in [-0.25, -0.2) is 9.59 Å². The highest BCUT2D eigenvalue weighted by Crippen LogP contribution is 2.45. The molecule has 5 rings (SSSR count). The number of carbonyl (C=O) groups excluding carboxylic acids is 2. The van der Waals surface area contributed by atoms with Crippen molar-refractivity contribution in [2.24, 2.45) is 0 Å². The van der Waals surface area contributed by atoms with Crippen molar-refractivity contribution in [3.05, 3.63) is 71.1 Å². The first-order valence-corrected chi connectivity index (χ1v) is 19.5. The fourth-order valence-electron chi connectivity index (χ4n) is 6.23. The number of anilines is 1. The molecule has 2 aromatic carbocycles. The van der Waals surface area contributed by atoms with Gasteiger partial charge in [-0.15, -0.1) is 0 Å². The number of nitrogens with one attached hydrogen (secondary N) is 3. The van der Waals surface area contributed by atoms with Crippen molar-refractivity contribution < 1.29 is 54.6 Å². The largest absolute Gasteiger partial charge is 0.478 e. The van der Waals surface area contributed by atoms with Crippen LogP contribution in [0.4, 0.5) is 10.5 Å². The third-order valence-corrected chi connectivity index (χ3v) is 10.6. The summed E-state index contributed by atoms with van der Waals surface area (Å²) in [5.74, 6) is -2.79. The predicted molar refractivity (Wildman–Crippen MR) is 192 cm³/mol. The summed E-state index contributed by atoms with van der Waals surface area (Å²) in [6.45, 7) is 0.614. The van der Waals surface area contributed by atoms with Crippen molar-refractivity contribution in [1.82, 2.24) is 10.6 Å². The normalized spacial score (nSPS) is 15.7. The van der Waals surface area contributed by atoms with Gasteiger partial charge in [0.25, 0.3) is 26.1 Å². The van der Waals surface area contributed by atoms with Crippen LogP contribution in [0.15, 0.2) is 68.8 Å². The Morgan fingerprint density at radius 1 is 0.868 bits per heavy atom. The average Bonchev–Trinajstić information content (AvgIpc) is 3.06. The number of rotatable bonds is 12. The maximum Gasteiger partial charge on any atom is 0.407 e. The van der Waals surface area contributed by atoms with Crippen LogP contribution < -0.4 is 21.7 Å². The number of hydrogen-bond acceptors (Lipinski definition) is 11. The van der Waals surface area contributed by atoms with Gasteiger partial charge in [0, 0.05) is 35.2 Å². The highest BCUT2D eigenvalue weighted by molar-refractivity contribution is 7.86. The van der Waals surface area contributed by atoms with Crippen LogP contribution in [0.1, 0.15) is 72.1 Å². The lowest BCUT2D eigenvalue weighted by atomic mass is 9.89. The molecule has 0 saturated heterocycles. The van der Waals surface area contributed by atoms with Crippen molar-refractivity contribution in [2.45, 2.75) is 67.3 Å². The lowest BCUT2D eigenvalue weighted by molar-refractivity contribution is 0.0696. The number of nitrogen functional groups attached to an aromatic ring is 1. The quantitative estimate of drug-likeness (QED) is 0.0330. The Bertz CT molecular complexity index is 2350. The van der Waals surface area contributed by atoms with Crippen LogP contribution in [0.5, 0.6) is 0 Å². The topological polar surface area (TPSA) is 276 Å². The van der Waals surface area contributed by atoms with E-state index in [1.807, 2.05) is 0 Å². The molecule has 3 aliphatic rings. The molecule has 1 atom stereocenters. The summed E-state index contributed by atoms with van der Waals surface area (Å²) in [4.78, 5) is 35.9. The first kappa shape index (κ1) is 38.9. The van der Waals surface area contributed by atoms with Gasteiger partial charge >= 0.3 is 12.1 Å². The second-order valence-corrected chi connectivity index (χ2v) is 15.1. The second kappa shape index (κ2) is 16.2. The van der Waals surface area contributed by atoms with Crippen LogP contribution in [-0.2, 0) is 25.0 Å². The van der Waals surface area contributed by atoms with Crippen molar-refractivity contribution in [3.8, 4) is 22.5 Å². The molecule has 282 valence electrons. The molecule has 0 saturated carbocycles. The van der Waals surface area contributed by atoms with Gasteiger partial charge in [0.15, 0.2) is 21.1 Å². The third kappa shape index (κ3) is 9.02. The van der Waals surface area contributed by atoms with E-state index >= 15 is 0 Å². The summed E-state index contributed by atoms with van der Waals surface area (Å²) < 4.78 is 81.1. The molecule has 0 bridgehead atoms. The van der Waals surface area contributed by atoms with E-state index in [9.17, 15) is 45.4 Å². The average molecular weight is 771 g/mol. The van der Waals surface area contributed by atoms with Gasteiger partial charge in [-0.1, -0.05) is 12.2 Å². The van der Waals surface area contributed by atoms with Crippen molar-refractivity contribution in [3.63, 3.8) is 0 Å². The predicted octanol–water partition coefficient (Wildman–Crippen LogP) is 4.97. The van der Waals surface area contributed by atoms with E-state index in [2.05, 4.69) is 22.8 Å². The number of fused-ring (bicyclic) bond motifs is 2. The summed E-state index contributed by atoms with van der Waals surface area (Å²) in [5.41, 5.74) is 3.75. The summed E-state index contributed by atoms with van der Waals surface area (Å²) in [6, 6.07) is 8.17. The fourth-order valence-corrected chi connectivity index (χ4v) is 7.72. The Morgan fingerprint density at radius 3 is 2.26 bits per heavy atom. The van der Waals surface area contributed by atoms with E-state index in [0.717, 1.165) is 50.3 Å². The Morgan fingerprint density at radius 2 is 1.57 bits per heavy atom. The number of unbranched alkanes of at least 4 members (excludes halogenated alkanes) is 2. The van der Waals surface area contributed by atoms with Crippen LogP contribution in [0.2, 0.25) is 0 Å². The first-order chi connectivity index (χ1) is 25.1. The van der Waals surface area contributed by atoms with Crippen LogP contribution in [0.3, 0.4) is 0 Å². The van der Waals surface area contributed by atoms with E-state index in [0.29, 0.717) is 25.8 Å². The van der Waals surface area contributed by atoms with Crippen LogP contribution >= 0.6 is 0 Å². The molecule has 0 aromatic heterocycles. The van der Waals surface area contributed by atoms with E-state index in [4.69, 9.17) is 20.3 Å². The van der Waals surface area contributed by atoms with Gasteiger partial charge in [-0.3, -0.25) is 19.3 Å². The third-order valence-electron chi connectivity index (χ3n) is 8.70. The lowest BCUT2D eigenvalue weighted by Gasteiger charge is -2.20. The minimum absolute atomic E-state index is 0.0150. The maximum atomic E-state index is 13.3. The number of carbonyl (C=O) groups is 3. The Balaban J connectivity index is 1.40. The smallest absolute Gasteiger partial charge is 0.407 e.